The molecule has 1 aliphatic heterocycles. The highest BCUT2D eigenvalue weighted by Gasteiger charge is 2.41. The second kappa shape index (κ2) is 5.19. The van der Waals surface area contributed by atoms with E-state index in [2.05, 4.69) is 4.98 Å². The van der Waals surface area contributed by atoms with Crippen molar-refractivity contribution in [2.75, 3.05) is 11.4 Å². The van der Waals surface area contributed by atoms with E-state index in [4.69, 9.17) is 11.6 Å². The molecule has 5 heteroatoms. The highest BCUT2D eigenvalue weighted by Crippen LogP contribution is 2.37. The smallest absolute Gasteiger partial charge is 0.329 e. The summed E-state index contributed by atoms with van der Waals surface area (Å²) < 4.78 is 0. The van der Waals surface area contributed by atoms with Gasteiger partial charge in [-0.25, -0.2) is 4.79 Å². The van der Waals surface area contributed by atoms with Crippen LogP contribution < -0.4 is 4.90 Å². The Kier molecular flexibility index (Phi) is 3.49. The minimum absolute atomic E-state index is 0.631. The Morgan fingerprint density at radius 3 is 2.95 bits per heavy atom. The van der Waals surface area contributed by atoms with Gasteiger partial charge in [0.15, 0.2) is 0 Å². The van der Waals surface area contributed by atoms with Crippen molar-refractivity contribution in [1.29, 1.82) is 0 Å². The van der Waals surface area contributed by atoms with Crippen LogP contribution in [0.5, 0.6) is 0 Å². The second-order valence-electron chi connectivity index (χ2n) is 5.68. The number of benzene rings is 1. The predicted octanol–water partition coefficient (Wildman–Crippen LogP) is 3.72. The van der Waals surface area contributed by atoms with E-state index in [-0.39, 0.29) is 0 Å². The van der Waals surface area contributed by atoms with Crippen molar-refractivity contribution in [3.8, 4) is 0 Å². The number of nitrogens with zero attached hydrogens (tertiary/aromatic N) is 2. The molecule has 2 aromatic rings. The van der Waals surface area contributed by atoms with E-state index >= 15 is 0 Å². The lowest BCUT2D eigenvalue weighted by atomic mass is 9.87. The van der Waals surface area contributed by atoms with Crippen LogP contribution in [0.25, 0.3) is 10.9 Å². The SMILES string of the molecule is CC1(C(=O)O)CCCCN1c1ccnc2cc(Cl)ccc12. The normalized spacial score (nSPS) is 22.5. The number of carbonyl (C=O) groups is 1. The summed E-state index contributed by atoms with van der Waals surface area (Å²) in [5.74, 6) is -0.777. The highest BCUT2D eigenvalue weighted by atomic mass is 35.5. The van der Waals surface area contributed by atoms with Gasteiger partial charge in [0.05, 0.1) is 5.52 Å². The standard InChI is InChI=1S/C16H17ClN2O2/c1-16(15(20)21)7-2-3-9-19(16)14-6-8-18-13-10-11(17)4-5-12(13)14/h4-6,8,10H,2-3,7,9H2,1H3,(H,20,21). The first-order chi connectivity index (χ1) is 10.0. The van der Waals surface area contributed by atoms with Gasteiger partial charge in [-0.15, -0.1) is 0 Å². The molecule has 1 fully saturated rings. The number of hydrogen-bond donors (Lipinski definition) is 1. The molecule has 0 spiro atoms. The molecular formula is C16H17ClN2O2. The summed E-state index contributed by atoms with van der Waals surface area (Å²) in [6.45, 7) is 2.54. The van der Waals surface area contributed by atoms with Gasteiger partial charge in [-0.1, -0.05) is 11.6 Å². The van der Waals surface area contributed by atoms with Crippen LogP contribution in [0, 0.1) is 0 Å². The number of aromatic nitrogens is 1. The molecule has 1 saturated heterocycles. The zero-order valence-corrected chi connectivity index (χ0v) is 12.6. The number of pyridine rings is 1. The topological polar surface area (TPSA) is 53.4 Å². The van der Waals surface area contributed by atoms with Crippen LogP contribution in [-0.2, 0) is 4.79 Å². The van der Waals surface area contributed by atoms with E-state index in [0.717, 1.165) is 36.0 Å². The second-order valence-corrected chi connectivity index (χ2v) is 6.12. The minimum Gasteiger partial charge on any atom is -0.480 e. The maximum atomic E-state index is 11.8. The molecule has 0 radical (unpaired) electrons. The van der Waals surface area contributed by atoms with Gasteiger partial charge in [0.1, 0.15) is 5.54 Å². The summed E-state index contributed by atoms with van der Waals surface area (Å²) in [6, 6.07) is 7.43. The van der Waals surface area contributed by atoms with Crippen molar-refractivity contribution < 1.29 is 9.90 Å². The number of aliphatic carboxylic acids is 1. The monoisotopic (exact) mass is 304 g/mol. The van der Waals surface area contributed by atoms with Gasteiger partial charge in [0.2, 0.25) is 0 Å². The number of piperidine rings is 1. The molecule has 1 N–H and O–H groups in total. The third-order valence-corrected chi connectivity index (χ3v) is 4.56. The van der Waals surface area contributed by atoms with Crippen molar-refractivity contribution in [3.63, 3.8) is 0 Å². The predicted molar refractivity (Wildman–Crippen MR) is 84.0 cm³/mol. The lowest BCUT2D eigenvalue weighted by Gasteiger charge is -2.43. The van der Waals surface area contributed by atoms with Gasteiger partial charge in [0, 0.05) is 28.8 Å². The zero-order chi connectivity index (χ0) is 15.0. The van der Waals surface area contributed by atoms with Crippen molar-refractivity contribution in [3.05, 3.63) is 35.5 Å². The molecule has 1 aromatic heterocycles. The van der Waals surface area contributed by atoms with E-state index in [1.54, 1.807) is 13.1 Å². The Morgan fingerprint density at radius 2 is 2.19 bits per heavy atom. The first-order valence-corrected chi connectivity index (χ1v) is 7.45. The van der Waals surface area contributed by atoms with Crippen LogP contribution in [0.4, 0.5) is 5.69 Å². The largest absolute Gasteiger partial charge is 0.480 e. The molecule has 0 bridgehead atoms. The van der Waals surface area contributed by atoms with Crippen LogP contribution in [0.1, 0.15) is 26.2 Å². The summed E-state index contributed by atoms with van der Waals surface area (Å²) in [5.41, 5.74) is 0.839. The van der Waals surface area contributed by atoms with Crippen molar-refractivity contribution in [2.24, 2.45) is 0 Å². The molecule has 21 heavy (non-hydrogen) atoms. The molecule has 1 aromatic carbocycles. The average molecular weight is 305 g/mol. The molecular weight excluding hydrogens is 288 g/mol. The van der Waals surface area contributed by atoms with E-state index in [0.29, 0.717) is 11.4 Å². The molecule has 0 aliphatic carbocycles. The molecule has 3 rings (SSSR count). The summed E-state index contributed by atoms with van der Waals surface area (Å²) in [7, 11) is 0. The number of anilines is 1. The van der Waals surface area contributed by atoms with Gasteiger partial charge in [-0.2, -0.15) is 0 Å². The Bertz CT molecular complexity index is 704. The minimum atomic E-state index is -0.869. The molecule has 110 valence electrons. The van der Waals surface area contributed by atoms with Gasteiger partial charge in [-0.05, 0) is 50.5 Å². The third kappa shape index (κ3) is 2.33. The lowest BCUT2D eigenvalue weighted by molar-refractivity contribution is -0.143. The summed E-state index contributed by atoms with van der Waals surface area (Å²) in [6.07, 6.45) is 4.30. The number of hydrogen-bond acceptors (Lipinski definition) is 3. The Labute approximate surface area is 128 Å². The van der Waals surface area contributed by atoms with Gasteiger partial charge in [-0.3, -0.25) is 4.98 Å². The fraction of sp³-hybridized carbons (Fsp3) is 0.375. The maximum absolute atomic E-state index is 11.8. The first kappa shape index (κ1) is 14.1. The molecule has 1 unspecified atom stereocenters. The Balaban J connectivity index is 2.16. The molecule has 1 atom stereocenters. The number of carboxylic acid groups (broad SMARTS) is 1. The van der Waals surface area contributed by atoms with Crippen LogP contribution in [-0.4, -0.2) is 28.1 Å². The van der Waals surface area contributed by atoms with Crippen LogP contribution >= 0.6 is 11.6 Å². The number of fused-ring (bicyclic) bond motifs is 1. The Hall–Kier alpha value is -1.81. The van der Waals surface area contributed by atoms with Crippen LogP contribution in [0.3, 0.4) is 0 Å². The first-order valence-electron chi connectivity index (χ1n) is 7.08. The number of halogens is 1. The summed E-state index contributed by atoms with van der Waals surface area (Å²) in [4.78, 5) is 18.1. The quantitative estimate of drug-likeness (QED) is 0.918. The molecule has 0 saturated carbocycles. The number of carboxylic acids is 1. The van der Waals surface area contributed by atoms with Crippen molar-refractivity contribution in [2.45, 2.75) is 31.7 Å². The number of rotatable bonds is 2. The van der Waals surface area contributed by atoms with E-state index in [1.807, 2.05) is 29.2 Å². The van der Waals surface area contributed by atoms with E-state index in [9.17, 15) is 9.90 Å². The van der Waals surface area contributed by atoms with Crippen LogP contribution in [0.2, 0.25) is 5.02 Å². The van der Waals surface area contributed by atoms with Gasteiger partial charge < -0.3 is 10.0 Å². The zero-order valence-electron chi connectivity index (χ0n) is 11.8. The molecule has 2 heterocycles. The fourth-order valence-electron chi connectivity index (χ4n) is 3.07. The summed E-state index contributed by atoms with van der Waals surface area (Å²) >= 11 is 6.02. The Morgan fingerprint density at radius 1 is 1.38 bits per heavy atom. The van der Waals surface area contributed by atoms with E-state index < -0.39 is 11.5 Å². The van der Waals surface area contributed by atoms with Crippen molar-refractivity contribution in [1.82, 2.24) is 4.98 Å². The molecule has 1 aliphatic rings. The third-order valence-electron chi connectivity index (χ3n) is 4.32. The maximum Gasteiger partial charge on any atom is 0.329 e. The average Bonchev–Trinajstić information content (AvgIpc) is 2.46. The molecule has 4 nitrogen and oxygen atoms in total. The fourth-order valence-corrected chi connectivity index (χ4v) is 3.24. The highest BCUT2D eigenvalue weighted by molar-refractivity contribution is 6.31. The molecule has 0 amide bonds. The van der Waals surface area contributed by atoms with E-state index in [1.165, 1.54) is 0 Å². The van der Waals surface area contributed by atoms with Crippen molar-refractivity contribution >= 4 is 34.2 Å². The van der Waals surface area contributed by atoms with Gasteiger partial charge in [0.25, 0.3) is 0 Å². The van der Waals surface area contributed by atoms with Gasteiger partial charge >= 0.3 is 5.97 Å². The summed E-state index contributed by atoms with van der Waals surface area (Å²) in [5, 5.41) is 11.2. The lowest BCUT2D eigenvalue weighted by Crippen LogP contribution is -2.55. The van der Waals surface area contributed by atoms with Crippen LogP contribution in [0.15, 0.2) is 30.5 Å².